The Bertz CT molecular complexity index is 1140. The first-order valence-electron chi connectivity index (χ1n) is 12.0. The lowest BCUT2D eigenvalue weighted by Crippen LogP contribution is -2.39. The van der Waals surface area contributed by atoms with E-state index >= 15 is 0 Å². The fraction of sp³-hybridized carbons (Fsp3) is 0.500. The summed E-state index contributed by atoms with van der Waals surface area (Å²) in [6, 6.07) is 10.8. The van der Waals surface area contributed by atoms with Crippen molar-refractivity contribution in [3.63, 3.8) is 0 Å². The minimum Gasteiger partial charge on any atom is -0.379 e. The number of morpholine rings is 1. The largest absolute Gasteiger partial charge is 0.379 e. The van der Waals surface area contributed by atoms with Crippen LogP contribution in [0.4, 0.5) is 5.69 Å². The van der Waals surface area contributed by atoms with Crippen LogP contribution in [0.2, 0.25) is 0 Å². The number of hydrogen-bond acceptors (Lipinski definition) is 5. The number of nitrogens with zero attached hydrogens (tertiary/aromatic N) is 1. The van der Waals surface area contributed by atoms with Crippen LogP contribution >= 0.6 is 0 Å². The molecule has 184 valence electrons. The van der Waals surface area contributed by atoms with Crippen LogP contribution in [0.5, 0.6) is 0 Å². The number of aryl methyl sites for hydroxylation is 3. The topological polar surface area (TPSA) is 87.7 Å². The Morgan fingerprint density at radius 1 is 1.00 bits per heavy atom. The van der Waals surface area contributed by atoms with Gasteiger partial charge in [0, 0.05) is 25.3 Å². The van der Waals surface area contributed by atoms with E-state index in [4.69, 9.17) is 4.74 Å². The van der Waals surface area contributed by atoms with Crippen LogP contribution in [0.3, 0.4) is 0 Å². The Kier molecular flexibility index (Phi) is 7.31. The zero-order valence-electron chi connectivity index (χ0n) is 20.3. The third-order valence-electron chi connectivity index (χ3n) is 7.00. The van der Waals surface area contributed by atoms with Crippen LogP contribution < -0.4 is 10.0 Å². The lowest BCUT2D eigenvalue weighted by Gasteiger charge is -2.26. The minimum absolute atomic E-state index is 0.0635. The smallest absolute Gasteiger partial charge is 0.262 e. The molecule has 1 aliphatic carbocycles. The number of rotatable bonds is 9. The Hall–Kier alpha value is -2.42. The van der Waals surface area contributed by atoms with Crippen LogP contribution in [0, 0.1) is 20.8 Å². The molecule has 2 fully saturated rings. The first kappa shape index (κ1) is 24.7. The molecule has 1 saturated heterocycles. The molecule has 7 nitrogen and oxygen atoms in total. The first-order chi connectivity index (χ1) is 16.2. The SMILES string of the molecule is Cc1cc(C)c(S(=O)(=O)Nc2ccc(C3(C(=O)NCCCN4CCOCC4)CC3)cc2)cc1C. The van der Waals surface area contributed by atoms with Crippen LogP contribution in [-0.4, -0.2) is 58.6 Å². The summed E-state index contributed by atoms with van der Waals surface area (Å²) in [7, 11) is -3.70. The van der Waals surface area contributed by atoms with Crippen molar-refractivity contribution in [2.75, 3.05) is 44.1 Å². The molecule has 0 unspecified atom stereocenters. The summed E-state index contributed by atoms with van der Waals surface area (Å²) < 4.78 is 34.0. The van der Waals surface area contributed by atoms with Gasteiger partial charge in [0.25, 0.3) is 10.0 Å². The summed E-state index contributed by atoms with van der Waals surface area (Å²) in [5.41, 5.74) is 3.66. The van der Waals surface area contributed by atoms with Gasteiger partial charge in [0.05, 0.1) is 23.5 Å². The average Bonchev–Trinajstić information content (AvgIpc) is 3.62. The number of anilines is 1. The monoisotopic (exact) mass is 485 g/mol. The zero-order chi connectivity index (χ0) is 24.3. The van der Waals surface area contributed by atoms with Gasteiger partial charge in [-0.15, -0.1) is 0 Å². The van der Waals surface area contributed by atoms with Gasteiger partial charge in [0.2, 0.25) is 5.91 Å². The van der Waals surface area contributed by atoms with Crippen LogP contribution in [0.15, 0.2) is 41.3 Å². The van der Waals surface area contributed by atoms with Gasteiger partial charge >= 0.3 is 0 Å². The van der Waals surface area contributed by atoms with Gasteiger partial charge < -0.3 is 10.1 Å². The summed E-state index contributed by atoms with van der Waals surface area (Å²) in [5, 5.41) is 3.11. The molecule has 1 saturated carbocycles. The van der Waals surface area contributed by atoms with Crippen LogP contribution in [-0.2, 0) is 25.0 Å². The predicted octanol–water partition coefficient (Wildman–Crippen LogP) is 3.28. The van der Waals surface area contributed by atoms with E-state index in [2.05, 4.69) is 14.9 Å². The number of benzene rings is 2. The molecule has 8 heteroatoms. The van der Waals surface area contributed by atoms with E-state index in [1.807, 2.05) is 32.0 Å². The van der Waals surface area contributed by atoms with E-state index < -0.39 is 15.4 Å². The molecule has 0 radical (unpaired) electrons. The third kappa shape index (κ3) is 5.45. The number of carbonyl (C=O) groups is 1. The van der Waals surface area contributed by atoms with E-state index in [0.29, 0.717) is 12.2 Å². The molecule has 2 aliphatic rings. The quantitative estimate of drug-likeness (QED) is 0.532. The van der Waals surface area contributed by atoms with Crippen molar-refractivity contribution in [3.05, 3.63) is 58.7 Å². The van der Waals surface area contributed by atoms with Gasteiger partial charge in [-0.2, -0.15) is 0 Å². The van der Waals surface area contributed by atoms with Crippen molar-refractivity contribution in [1.29, 1.82) is 0 Å². The second-order valence-corrected chi connectivity index (χ2v) is 11.2. The maximum atomic E-state index is 13.0. The number of sulfonamides is 1. The lowest BCUT2D eigenvalue weighted by atomic mass is 9.95. The summed E-state index contributed by atoms with van der Waals surface area (Å²) in [6.45, 7) is 10.8. The Labute approximate surface area is 202 Å². The molecule has 0 spiro atoms. The van der Waals surface area contributed by atoms with Gasteiger partial charge in [0.1, 0.15) is 0 Å². The number of ether oxygens (including phenoxy) is 1. The standard InChI is InChI=1S/C26H35N3O4S/c1-19-17-21(3)24(18-20(19)2)34(31,32)28-23-7-5-22(6-8-23)26(9-10-26)25(30)27-11-4-12-29-13-15-33-16-14-29/h5-8,17-18,28H,4,9-16H2,1-3H3,(H,27,30). The van der Waals surface area contributed by atoms with Gasteiger partial charge in [-0.1, -0.05) is 18.2 Å². The molecule has 0 atom stereocenters. The van der Waals surface area contributed by atoms with E-state index in [-0.39, 0.29) is 10.8 Å². The van der Waals surface area contributed by atoms with E-state index in [0.717, 1.165) is 74.4 Å². The van der Waals surface area contributed by atoms with E-state index in [1.54, 1.807) is 25.1 Å². The molecule has 34 heavy (non-hydrogen) atoms. The summed E-state index contributed by atoms with van der Waals surface area (Å²) >= 11 is 0. The van der Waals surface area contributed by atoms with E-state index in [9.17, 15) is 13.2 Å². The van der Waals surface area contributed by atoms with Crippen molar-refractivity contribution in [1.82, 2.24) is 10.2 Å². The summed E-state index contributed by atoms with van der Waals surface area (Å²) in [5.74, 6) is 0.0635. The fourth-order valence-electron chi connectivity index (χ4n) is 4.56. The maximum Gasteiger partial charge on any atom is 0.262 e. The molecule has 2 N–H and O–H groups in total. The molecule has 0 aromatic heterocycles. The average molecular weight is 486 g/mol. The van der Waals surface area contributed by atoms with Crippen molar-refractivity contribution < 1.29 is 17.9 Å². The second kappa shape index (κ2) is 10.1. The highest BCUT2D eigenvalue weighted by atomic mass is 32.2. The number of hydrogen-bond donors (Lipinski definition) is 2. The van der Waals surface area contributed by atoms with Gasteiger partial charge in [0.15, 0.2) is 0 Å². The Morgan fingerprint density at radius 2 is 1.65 bits per heavy atom. The minimum atomic E-state index is -3.70. The van der Waals surface area contributed by atoms with Gasteiger partial charge in [-0.3, -0.25) is 14.4 Å². The summed E-state index contributed by atoms with van der Waals surface area (Å²) in [6.07, 6.45) is 2.55. The Balaban J connectivity index is 1.35. The number of nitrogens with one attached hydrogen (secondary N) is 2. The maximum absolute atomic E-state index is 13.0. The second-order valence-electron chi connectivity index (χ2n) is 9.53. The highest BCUT2D eigenvalue weighted by Gasteiger charge is 2.51. The summed E-state index contributed by atoms with van der Waals surface area (Å²) in [4.78, 5) is 15.6. The van der Waals surface area contributed by atoms with Crippen molar-refractivity contribution in [2.45, 2.75) is 50.3 Å². The van der Waals surface area contributed by atoms with Crippen molar-refractivity contribution in [3.8, 4) is 0 Å². The first-order valence-corrected chi connectivity index (χ1v) is 13.5. The number of amides is 1. The molecule has 0 bridgehead atoms. The van der Waals surface area contributed by atoms with Crippen molar-refractivity contribution in [2.24, 2.45) is 0 Å². The molecule has 2 aromatic rings. The highest BCUT2D eigenvalue weighted by Crippen LogP contribution is 2.48. The molecule has 1 aliphatic heterocycles. The molecule has 4 rings (SSSR count). The van der Waals surface area contributed by atoms with Gasteiger partial charge in [-0.05, 0) is 87.0 Å². The molecular formula is C26H35N3O4S. The predicted molar refractivity (Wildman–Crippen MR) is 134 cm³/mol. The van der Waals surface area contributed by atoms with Crippen LogP contribution in [0.1, 0.15) is 41.5 Å². The van der Waals surface area contributed by atoms with Crippen LogP contribution in [0.25, 0.3) is 0 Å². The normalized spacial score (nSPS) is 17.9. The molecule has 1 amide bonds. The Morgan fingerprint density at radius 3 is 2.29 bits per heavy atom. The fourth-order valence-corrected chi connectivity index (χ4v) is 5.93. The zero-order valence-corrected chi connectivity index (χ0v) is 21.1. The lowest BCUT2D eigenvalue weighted by molar-refractivity contribution is -0.123. The molecular weight excluding hydrogens is 450 g/mol. The van der Waals surface area contributed by atoms with Crippen molar-refractivity contribution >= 4 is 21.6 Å². The highest BCUT2D eigenvalue weighted by molar-refractivity contribution is 7.92. The molecule has 1 heterocycles. The van der Waals surface area contributed by atoms with E-state index in [1.165, 1.54) is 0 Å². The van der Waals surface area contributed by atoms with Gasteiger partial charge in [-0.25, -0.2) is 8.42 Å². The molecule has 2 aromatic carbocycles. The third-order valence-corrected chi connectivity index (χ3v) is 8.52. The number of carbonyl (C=O) groups excluding carboxylic acids is 1.